The Kier molecular flexibility index (Phi) is 5.37. The van der Waals surface area contributed by atoms with Gasteiger partial charge in [0.25, 0.3) is 0 Å². The highest BCUT2D eigenvalue weighted by molar-refractivity contribution is 5.78. The van der Waals surface area contributed by atoms with Crippen LogP contribution in [-0.2, 0) is 4.79 Å². The number of aromatic amines is 1. The van der Waals surface area contributed by atoms with Gasteiger partial charge >= 0.3 is 0 Å². The van der Waals surface area contributed by atoms with Crippen LogP contribution in [0.3, 0.4) is 0 Å². The minimum Gasteiger partial charge on any atom is -0.493 e. The van der Waals surface area contributed by atoms with Crippen molar-refractivity contribution in [3.8, 4) is 16.9 Å². The summed E-state index contributed by atoms with van der Waals surface area (Å²) in [6.45, 7) is 1.07. The third kappa shape index (κ3) is 3.91. The van der Waals surface area contributed by atoms with Gasteiger partial charge in [-0.1, -0.05) is 30.3 Å². The number of rotatable bonds is 6. The molecule has 1 aliphatic rings. The van der Waals surface area contributed by atoms with E-state index < -0.39 is 0 Å². The molecule has 28 heavy (non-hydrogen) atoms. The largest absolute Gasteiger partial charge is 0.493 e. The van der Waals surface area contributed by atoms with Gasteiger partial charge in [-0.2, -0.15) is 5.10 Å². The summed E-state index contributed by atoms with van der Waals surface area (Å²) in [4.78, 5) is 14.7. The lowest BCUT2D eigenvalue weighted by atomic mass is 10.0. The smallest absolute Gasteiger partial charge is 0.226 e. The number of halogens is 1. The molecular formula is C22H22FN3O2. The van der Waals surface area contributed by atoms with Crippen LogP contribution in [0.2, 0.25) is 0 Å². The number of H-pyrrole nitrogens is 1. The van der Waals surface area contributed by atoms with Crippen LogP contribution in [0.25, 0.3) is 11.1 Å². The Morgan fingerprint density at radius 1 is 1.18 bits per heavy atom. The Bertz CT molecular complexity index is 924. The fraction of sp³-hybridized carbons (Fsp3) is 0.273. The van der Waals surface area contributed by atoms with Crippen molar-refractivity contribution in [2.24, 2.45) is 0 Å². The summed E-state index contributed by atoms with van der Waals surface area (Å²) in [5.74, 6) is 0.559. The first-order chi connectivity index (χ1) is 13.7. The van der Waals surface area contributed by atoms with E-state index in [2.05, 4.69) is 10.2 Å². The summed E-state index contributed by atoms with van der Waals surface area (Å²) in [6, 6.07) is 15.8. The molecule has 1 saturated heterocycles. The molecular weight excluding hydrogens is 357 g/mol. The third-order valence-electron chi connectivity index (χ3n) is 5.06. The quantitative estimate of drug-likeness (QED) is 0.693. The molecule has 1 amide bonds. The Hall–Kier alpha value is -3.15. The average molecular weight is 379 g/mol. The van der Waals surface area contributed by atoms with Gasteiger partial charge in [0.15, 0.2) is 0 Å². The Morgan fingerprint density at radius 2 is 1.96 bits per heavy atom. The lowest BCUT2D eigenvalue weighted by molar-refractivity contribution is -0.132. The maximum absolute atomic E-state index is 13.3. The number of ether oxygens (including phenoxy) is 1. The molecule has 0 unspecified atom stereocenters. The molecule has 3 aromatic rings. The van der Waals surface area contributed by atoms with Gasteiger partial charge in [0.2, 0.25) is 5.91 Å². The van der Waals surface area contributed by atoms with E-state index in [0.717, 1.165) is 42.0 Å². The maximum Gasteiger partial charge on any atom is 0.226 e. The van der Waals surface area contributed by atoms with Gasteiger partial charge in [-0.3, -0.25) is 9.89 Å². The molecule has 2 heterocycles. The molecule has 0 spiro atoms. The van der Waals surface area contributed by atoms with Gasteiger partial charge in [-0.05, 0) is 42.7 Å². The summed E-state index contributed by atoms with van der Waals surface area (Å²) in [5.41, 5.74) is 2.70. The van der Waals surface area contributed by atoms with Crippen LogP contribution >= 0.6 is 0 Å². The van der Waals surface area contributed by atoms with Crippen molar-refractivity contribution in [2.45, 2.75) is 25.3 Å². The minimum atomic E-state index is -0.273. The van der Waals surface area contributed by atoms with Gasteiger partial charge in [-0.15, -0.1) is 0 Å². The monoisotopic (exact) mass is 379 g/mol. The number of hydrogen-bond donors (Lipinski definition) is 1. The lowest BCUT2D eigenvalue weighted by Crippen LogP contribution is -2.32. The minimum absolute atomic E-state index is 0.0493. The zero-order valence-electron chi connectivity index (χ0n) is 15.5. The van der Waals surface area contributed by atoms with Crippen molar-refractivity contribution >= 4 is 5.91 Å². The normalized spacial score (nSPS) is 16.3. The number of nitrogens with zero attached hydrogens (tertiary/aromatic N) is 2. The number of benzene rings is 2. The van der Waals surface area contributed by atoms with Crippen LogP contribution < -0.4 is 4.74 Å². The van der Waals surface area contributed by atoms with Crippen molar-refractivity contribution in [3.05, 3.63) is 72.3 Å². The Balaban J connectivity index is 1.44. The van der Waals surface area contributed by atoms with Gasteiger partial charge in [0.1, 0.15) is 11.6 Å². The second-order valence-corrected chi connectivity index (χ2v) is 6.86. The molecule has 0 radical (unpaired) electrons. The van der Waals surface area contributed by atoms with E-state index in [-0.39, 0.29) is 17.8 Å². The topological polar surface area (TPSA) is 58.2 Å². The summed E-state index contributed by atoms with van der Waals surface area (Å²) >= 11 is 0. The van der Waals surface area contributed by atoms with Crippen LogP contribution in [0.15, 0.2) is 60.8 Å². The molecule has 0 aliphatic carbocycles. The van der Waals surface area contributed by atoms with Gasteiger partial charge in [-0.25, -0.2) is 4.39 Å². The first-order valence-corrected chi connectivity index (χ1v) is 9.49. The number of para-hydroxylation sites is 1. The number of amides is 1. The van der Waals surface area contributed by atoms with Crippen LogP contribution in [0.1, 0.15) is 31.0 Å². The molecule has 1 aliphatic heterocycles. The Labute approximate surface area is 163 Å². The molecule has 4 rings (SSSR count). The standard InChI is InChI=1S/C22H22FN3O2/c23-17-10-8-16(9-11-17)19-15-24-25-22(19)20-7-4-13-26(20)21(27)12-14-28-18-5-2-1-3-6-18/h1-3,5-6,8-11,15,20H,4,7,12-14H2,(H,24,25)/t20-/m0/s1. The van der Waals surface area contributed by atoms with Crippen molar-refractivity contribution in [2.75, 3.05) is 13.2 Å². The van der Waals surface area contributed by atoms with E-state index in [4.69, 9.17) is 4.74 Å². The third-order valence-corrected chi connectivity index (χ3v) is 5.06. The fourth-order valence-electron chi connectivity index (χ4n) is 3.69. The molecule has 1 N–H and O–H groups in total. The van der Waals surface area contributed by atoms with E-state index in [9.17, 15) is 9.18 Å². The highest BCUT2D eigenvalue weighted by atomic mass is 19.1. The lowest BCUT2D eigenvalue weighted by Gasteiger charge is -2.25. The molecule has 0 saturated carbocycles. The van der Waals surface area contributed by atoms with Crippen LogP contribution in [0.4, 0.5) is 4.39 Å². The van der Waals surface area contributed by atoms with Gasteiger partial charge in [0, 0.05) is 12.1 Å². The average Bonchev–Trinajstić information content (AvgIpc) is 3.38. The van der Waals surface area contributed by atoms with Crippen LogP contribution in [0, 0.1) is 5.82 Å². The molecule has 1 atom stereocenters. The Morgan fingerprint density at radius 3 is 2.75 bits per heavy atom. The predicted molar refractivity (Wildman–Crippen MR) is 104 cm³/mol. The molecule has 5 nitrogen and oxygen atoms in total. The summed E-state index contributed by atoms with van der Waals surface area (Å²) in [6.07, 6.45) is 3.88. The summed E-state index contributed by atoms with van der Waals surface area (Å²) in [7, 11) is 0. The maximum atomic E-state index is 13.3. The first kappa shape index (κ1) is 18.2. The van der Waals surface area contributed by atoms with Gasteiger partial charge in [0.05, 0.1) is 31.0 Å². The predicted octanol–water partition coefficient (Wildman–Crippen LogP) is 4.35. The van der Waals surface area contributed by atoms with E-state index >= 15 is 0 Å². The molecule has 1 aromatic heterocycles. The first-order valence-electron chi connectivity index (χ1n) is 9.49. The number of hydrogen-bond acceptors (Lipinski definition) is 3. The molecule has 2 aromatic carbocycles. The van der Waals surface area contributed by atoms with Gasteiger partial charge < -0.3 is 9.64 Å². The zero-order valence-corrected chi connectivity index (χ0v) is 15.5. The molecule has 6 heteroatoms. The van der Waals surface area contributed by atoms with Crippen molar-refractivity contribution in [3.63, 3.8) is 0 Å². The van der Waals surface area contributed by atoms with Crippen LogP contribution in [0.5, 0.6) is 5.75 Å². The van der Waals surface area contributed by atoms with E-state index in [1.807, 2.05) is 35.2 Å². The molecule has 1 fully saturated rings. The highest BCUT2D eigenvalue weighted by Crippen LogP contribution is 2.36. The number of carbonyl (C=O) groups is 1. The van der Waals surface area contributed by atoms with Crippen molar-refractivity contribution in [1.82, 2.24) is 15.1 Å². The second-order valence-electron chi connectivity index (χ2n) is 6.86. The molecule has 144 valence electrons. The van der Waals surface area contributed by atoms with E-state index in [1.165, 1.54) is 12.1 Å². The highest BCUT2D eigenvalue weighted by Gasteiger charge is 2.32. The van der Waals surface area contributed by atoms with Crippen LogP contribution in [-0.4, -0.2) is 34.2 Å². The number of aromatic nitrogens is 2. The summed E-state index contributed by atoms with van der Waals surface area (Å²) < 4.78 is 18.9. The molecule has 0 bridgehead atoms. The second kappa shape index (κ2) is 8.25. The van der Waals surface area contributed by atoms with E-state index in [0.29, 0.717) is 13.0 Å². The number of likely N-dealkylation sites (tertiary alicyclic amines) is 1. The fourth-order valence-corrected chi connectivity index (χ4v) is 3.69. The zero-order chi connectivity index (χ0) is 19.3. The number of carbonyl (C=O) groups excluding carboxylic acids is 1. The van der Waals surface area contributed by atoms with E-state index in [1.54, 1.807) is 18.3 Å². The van der Waals surface area contributed by atoms with Crippen molar-refractivity contribution < 1.29 is 13.9 Å². The SMILES string of the molecule is O=C(CCOc1ccccc1)N1CCC[C@H]1c1[nH]ncc1-c1ccc(F)cc1. The number of nitrogens with one attached hydrogen (secondary N) is 1. The van der Waals surface area contributed by atoms with Crippen molar-refractivity contribution in [1.29, 1.82) is 0 Å². The summed E-state index contributed by atoms with van der Waals surface area (Å²) in [5, 5.41) is 7.24.